The Morgan fingerprint density at radius 1 is 1.44 bits per heavy atom. The van der Waals surface area contributed by atoms with Crippen LogP contribution in [0.3, 0.4) is 0 Å². The number of nitrogens with zero attached hydrogens (tertiary/aromatic N) is 4. The van der Waals surface area contributed by atoms with Gasteiger partial charge in [-0.2, -0.15) is 5.10 Å². The number of carbonyl (C=O) groups excluding carboxylic acids is 1. The minimum absolute atomic E-state index is 0.191. The summed E-state index contributed by atoms with van der Waals surface area (Å²) < 4.78 is 6.27. The van der Waals surface area contributed by atoms with Gasteiger partial charge in [-0.25, -0.2) is 9.50 Å². The third-order valence-electron chi connectivity index (χ3n) is 2.46. The van der Waals surface area contributed by atoms with Crippen molar-refractivity contribution in [2.75, 3.05) is 0 Å². The molecule has 0 fully saturated rings. The highest BCUT2D eigenvalue weighted by molar-refractivity contribution is 5.94. The summed E-state index contributed by atoms with van der Waals surface area (Å²) in [6.07, 6.45) is 4.59. The van der Waals surface area contributed by atoms with E-state index in [1.165, 1.54) is 12.6 Å². The van der Waals surface area contributed by atoms with Crippen LogP contribution in [0.4, 0.5) is 0 Å². The molecule has 0 spiro atoms. The van der Waals surface area contributed by atoms with Crippen LogP contribution in [-0.2, 0) is 6.54 Å². The van der Waals surface area contributed by atoms with Crippen LogP contribution in [0.1, 0.15) is 16.1 Å². The zero-order chi connectivity index (χ0) is 12.4. The van der Waals surface area contributed by atoms with E-state index in [9.17, 15) is 4.79 Å². The third-order valence-corrected chi connectivity index (χ3v) is 2.46. The third kappa shape index (κ3) is 1.93. The number of pyridine rings is 1. The quantitative estimate of drug-likeness (QED) is 0.729. The molecular weight excluding hydrogens is 234 g/mol. The largest absolute Gasteiger partial charge is 0.364 e. The van der Waals surface area contributed by atoms with Crippen LogP contribution in [0.2, 0.25) is 0 Å². The highest BCUT2D eigenvalue weighted by Crippen LogP contribution is 2.04. The number of aromatic nitrogens is 4. The van der Waals surface area contributed by atoms with Gasteiger partial charge in [0, 0.05) is 17.8 Å². The fourth-order valence-corrected chi connectivity index (χ4v) is 1.56. The molecule has 3 heterocycles. The maximum Gasteiger partial charge on any atom is 0.251 e. The summed E-state index contributed by atoms with van der Waals surface area (Å²) in [6, 6.07) is 5.05. The number of hydrogen-bond acceptors (Lipinski definition) is 5. The standard InChI is InChI=1S/C11H9N5O2/c17-11(12-6-9-2-4-18-15-9)8-1-3-16-10(5-8)13-7-14-16/h1-5,7H,6H2,(H,12,17). The van der Waals surface area contributed by atoms with E-state index in [1.54, 1.807) is 28.9 Å². The normalized spacial score (nSPS) is 10.7. The Morgan fingerprint density at radius 3 is 3.22 bits per heavy atom. The summed E-state index contributed by atoms with van der Waals surface area (Å²) in [5.41, 5.74) is 1.83. The van der Waals surface area contributed by atoms with Crippen molar-refractivity contribution in [2.24, 2.45) is 0 Å². The molecule has 0 saturated carbocycles. The fourth-order valence-electron chi connectivity index (χ4n) is 1.56. The Balaban J connectivity index is 1.75. The van der Waals surface area contributed by atoms with Crippen molar-refractivity contribution in [3.8, 4) is 0 Å². The van der Waals surface area contributed by atoms with E-state index in [1.807, 2.05) is 0 Å². The van der Waals surface area contributed by atoms with Crippen molar-refractivity contribution in [1.82, 2.24) is 25.1 Å². The van der Waals surface area contributed by atoms with E-state index < -0.39 is 0 Å². The van der Waals surface area contributed by atoms with Crippen molar-refractivity contribution in [1.29, 1.82) is 0 Å². The van der Waals surface area contributed by atoms with Gasteiger partial charge in [0.2, 0.25) is 0 Å². The number of nitrogens with one attached hydrogen (secondary N) is 1. The number of amides is 1. The number of rotatable bonds is 3. The molecule has 7 heteroatoms. The number of hydrogen-bond donors (Lipinski definition) is 1. The molecule has 0 saturated heterocycles. The molecule has 7 nitrogen and oxygen atoms in total. The molecule has 3 rings (SSSR count). The lowest BCUT2D eigenvalue weighted by Gasteiger charge is -2.02. The highest BCUT2D eigenvalue weighted by atomic mass is 16.5. The molecule has 0 atom stereocenters. The van der Waals surface area contributed by atoms with Crippen molar-refractivity contribution < 1.29 is 9.32 Å². The topological polar surface area (TPSA) is 85.3 Å². The smallest absolute Gasteiger partial charge is 0.251 e. The van der Waals surface area contributed by atoms with Crippen LogP contribution in [-0.4, -0.2) is 25.7 Å². The first-order valence-electron chi connectivity index (χ1n) is 5.30. The van der Waals surface area contributed by atoms with E-state index >= 15 is 0 Å². The molecule has 1 N–H and O–H groups in total. The second-order valence-electron chi connectivity index (χ2n) is 3.65. The highest BCUT2D eigenvalue weighted by Gasteiger charge is 2.07. The molecule has 0 aliphatic heterocycles. The minimum Gasteiger partial charge on any atom is -0.364 e. The van der Waals surface area contributed by atoms with Gasteiger partial charge in [-0.05, 0) is 12.1 Å². The van der Waals surface area contributed by atoms with Crippen LogP contribution in [0, 0.1) is 0 Å². The fraction of sp³-hybridized carbons (Fsp3) is 0.0909. The van der Waals surface area contributed by atoms with Crippen LogP contribution >= 0.6 is 0 Å². The molecule has 3 aromatic heterocycles. The van der Waals surface area contributed by atoms with E-state index in [2.05, 4.69) is 25.1 Å². The predicted molar refractivity (Wildman–Crippen MR) is 60.7 cm³/mol. The second kappa shape index (κ2) is 4.28. The molecule has 1 amide bonds. The molecular formula is C11H9N5O2. The van der Waals surface area contributed by atoms with Gasteiger partial charge in [0.05, 0.1) is 6.54 Å². The molecule has 90 valence electrons. The maximum atomic E-state index is 11.9. The van der Waals surface area contributed by atoms with Gasteiger partial charge in [0.1, 0.15) is 18.3 Å². The van der Waals surface area contributed by atoms with Gasteiger partial charge in [-0.15, -0.1) is 0 Å². The van der Waals surface area contributed by atoms with Crippen molar-refractivity contribution in [2.45, 2.75) is 6.54 Å². The Morgan fingerprint density at radius 2 is 2.39 bits per heavy atom. The van der Waals surface area contributed by atoms with E-state index in [0.29, 0.717) is 23.4 Å². The van der Waals surface area contributed by atoms with E-state index in [0.717, 1.165) is 0 Å². The zero-order valence-electron chi connectivity index (χ0n) is 9.28. The summed E-state index contributed by atoms with van der Waals surface area (Å²) in [5.74, 6) is -0.191. The van der Waals surface area contributed by atoms with E-state index in [-0.39, 0.29) is 5.91 Å². The average molecular weight is 243 g/mol. The Labute approximate surface area is 101 Å². The SMILES string of the molecule is O=C(NCc1ccon1)c1ccn2ncnc2c1. The summed E-state index contributed by atoms with van der Waals surface area (Å²) in [7, 11) is 0. The Hall–Kier alpha value is -2.70. The Kier molecular flexibility index (Phi) is 2.49. The van der Waals surface area contributed by atoms with Gasteiger partial charge in [-0.1, -0.05) is 5.16 Å². The second-order valence-corrected chi connectivity index (χ2v) is 3.65. The average Bonchev–Trinajstić information content (AvgIpc) is 3.05. The number of carbonyl (C=O) groups is 1. The molecule has 0 unspecified atom stereocenters. The lowest BCUT2D eigenvalue weighted by atomic mass is 10.2. The predicted octanol–water partition coefficient (Wildman–Crippen LogP) is 0.647. The lowest BCUT2D eigenvalue weighted by Crippen LogP contribution is -2.23. The molecule has 3 aromatic rings. The van der Waals surface area contributed by atoms with Crippen LogP contribution in [0.15, 0.2) is 41.5 Å². The first-order chi connectivity index (χ1) is 8.83. The molecule has 0 bridgehead atoms. The van der Waals surface area contributed by atoms with Crippen LogP contribution in [0.25, 0.3) is 5.65 Å². The molecule has 0 aromatic carbocycles. The number of fused-ring (bicyclic) bond motifs is 1. The van der Waals surface area contributed by atoms with Gasteiger partial charge in [-0.3, -0.25) is 4.79 Å². The van der Waals surface area contributed by atoms with Gasteiger partial charge in [0.15, 0.2) is 5.65 Å². The van der Waals surface area contributed by atoms with Crippen LogP contribution < -0.4 is 5.32 Å². The molecule has 18 heavy (non-hydrogen) atoms. The minimum atomic E-state index is -0.191. The van der Waals surface area contributed by atoms with Crippen molar-refractivity contribution in [3.63, 3.8) is 0 Å². The monoisotopic (exact) mass is 243 g/mol. The first-order valence-corrected chi connectivity index (χ1v) is 5.30. The van der Waals surface area contributed by atoms with Crippen molar-refractivity contribution in [3.05, 3.63) is 48.2 Å². The van der Waals surface area contributed by atoms with E-state index in [4.69, 9.17) is 0 Å². The zero-order valence-corrected chi connectivity index (χ0v) is 9.28. The lowest BCUT2D eigenvalue weighted by molar-refractivity contribution is 0.0950. The van der Waals surface area contributed by atoms with Crippen molar-refractivity contribution >= 4 is 11.6 Å². The first kappa shape index (κ1) is 10.5. The summed E-state index contributed by atoms with van der Waals surface area (Å²) in [5, 5.41) is 10.4. The summed E-state index contributed by atoms with van der Waals surface area (Å²) >= 11 is 0. The molecule has 0 aliphatic carbocycles. The van der Waals surface area contributed by atoms with Gasteiger partial charge >= 0.3 is 0 Å². The Bertz CT molecular complexity index is 674. The molecule has 0 radical (unpaired) electrons. The summed E-state index contributed by atoms with van der Waals surface area (Å²) in [6.45, 7) is 0.327. The summed E-state index contributed by atoms with van der Waals surface area (Å²) in [4.78, 5) is 15.9. The van der Waals surface area contributed by atoms with Gasteiger partial charge in [0.25, 0.3) is 5.91 Å². The van der Waals surface area contributed by atoms with Crippen LogP contribution in [0.5, 0.6) is 0 Å². The van der Waals surface area contributed by atoms with Gasteiger partial charge < -0.3 is 9.84 Å². The molecule has 0 aliphatic rings. The maximum absolute atomic E-state index is 11.9.